The van der Waals surface area contributed by atoms with Crippen LogP contribution in [0.15, 0.2) is 65.2 Å². The van der Waals surface area contributed by atoms with Crippen LogP contribution in [0.25, 0.3) is 11.3 Å². The molecule has 1 aromatic heterocycles. The fraction of sp³-hybridized carbons (Fsp3) is 0.355. The van der Waals surface area contributed by atoms with E-state index in [-0.39, 0.29) is 17.7 Å². The first kappa shape index (κ1) is 30.6. The molecule has 13 heteroatoms. The summed E-state index contributed by atoms with van der Waals surface area (Å²) in [6.45, 7) is 1.02. The van der Waals surface area contributed by atoms with E-state index in [4.69, 9.17) is 14.0 Å². The van der Waals surface area contributed by atoms with E-state index in [0.29, 0.717) is 16.4 Å². The molecule has 0 radical (unpaired) electrons. The number of carboxylic acids is 1. The minimum Gasteiger partial charge on any atom is -0.479 e. The lowest BCUT2D eigenvalue weighted by Crippen LogP contribution is -2.44. The summed E-state index contributed by atoms with van der Waals surface area (Å²) in [7, 11) is 0. The number of aliphatic hydroxyl groups is 1. The van der Waals surface area contributed by atoms with Crippen LogP contribution in [0.2, 0.25) is 0 Å². The van der Waals surface area contributed by atoms with Crippen LogP contribution >= 0.6 is 0 Å². The maximum atomic E-state index is 13.1. The highest BCUT2D eigenvalue weighted by Gasteiger charge is 2.43. The third-order valence-electron chi connectivity index (χ3n) is 7.57. The number of rotatable bonds is 12. The molecule has 3 heterocycles. The molecule has 2 unspecified atom stereocenters. The van der Waals surface area contributed by atoms with E-state index in [2.05, 4.69) is 10.1 Å². The number of aliphatic carboxylic acids is 1. The lowest BCUT2D eigenvalue weighted by molar-refractivity contribution is -0.176. The highest BCUT2D eigenvalue weighted by atomic mass is 16.6. The number of amides is 2. The Labute approximate surface area is 251 Å². The van der Waals surface area contributed by atoms with Crippen molar-refractivity contribution in [1.82, 2.24) is 15.0 Å². The van der Waals surface area contributed by atoms with Crippen LogP contribution < -0.4 is 0 Å². The molecule has 2 N–H and O–H groups in total. The van der Waals surface area contributed by atoms with Crippen molar-refractivity contribution in [1.29, 1.82) is 0 Å². The summed E-state index contributed by atoms with van der Waals surface area (Å²) in [5.74, 6) is -5.10. The van der Waals surface area contributed by atoms with Gasteiger partial charge in [0.2, 0.25) is 0 Å². The molecule has 13 nitrogen and oxygen atoms in total. The summed E-state index contributed by atoms with van der Waals surface area (Å²) in [5.41, 5.74) is -1.54. The quantitative estimate of drug-likeness (QED) is 0.228. The van der Waals surface area contributed by atoms with Crippen molar-refractivity contribution in [2.45, 2.75) is 43.8 Å². The third kappa shape index (κ3) is 6.84. The predicted molar refractivity (Wildman–Crippen MR) is 151 cm³/mol. The van der Waals surface area contributed by atoms with Gasteiger partial charge in [-0.1, -0.05) is 54.0 Å². The number of aromatic nitrogens is 1. The summed E-state index contributed by atoms with van der Waals surface area (Å²) in [4.78, 5) is 65.4. The molecule has 0 saturated carbocycles. The third-order valence-corrected chi connectivity index (χ3v) is 7.57. The van der Waals surface area contributed by atoms with Crippen molar-refractivity contribution < 1.29 is 48.2 Å². The number of imide groups is 1. The van der Waals surface area contributed by atoms with Crippen molar-refractivity contribution in [3.8, 4) is 11.3 Å². The van der Waals surface area contributed by atoms with E-state index in [1.807, 2.05) is 30.3 Å². The zero-order valence-corrected chi connectivity index (χ0v) is 23.7. The Hall–Kier alpha value is -4.88. The molecule has 1 saturated heterocycles. The van der Waals surface area contributed by atoms with Gasteiger partial charge in [-0.25, -0.2) is 9.69 Å². The highest BCUT2D eigenvalue weighted by Crippen LogP contribution is 2.28. The number of piperidine rings is 1. The van der Waals surface area contributed by atoms with Gasteiger partial charge in [-0.05, 0) is 38.1 Å². The number of hydrogen-bond acceptors (Lipinski definition) is 11. The number of hydrogen-bond donors (Lipinski definition) is 2. The Kier molecular flexibility index (Phi) is 9.16. The van der Waals surface area contributed by atoms with Gasteiger partial charge in [0.05, 0.1) is 24.0 Å². The summed E-state index contributed by atoms with van der Waals surface area (Å²) in [5, 5.41) is 24.7. The smallest absolute Gasteiger partial charge is 0.336 e. The van der Waals surface area contributed by atoms with Gasteiger partial charge < -0.3 is 24.2 Å². The van der Waals surface area contributed by atoms with E-state index >= 15 is 0 Å². The first-order chi connectivity index (χ1) is 21.1. The van der Waals surface area contributed by atoms with Crippen LogP contribution in [0.1, 0.15) is 64.6 Å². The number of likely N-dealkylation sites (tertiary alicyclic amines) is 1. The first-order valence-corrected chi connectivity index (χ1v) is 14.1. The Morgan fingerprint density at radius 2 is 1.52 bits per heavy atom. The van der Waals surface area contributed by atoms with Gasteiger partial charge >= 0.3 is 17.9 Å². The van der Waals surface area contributed by atoms with Crippen molar-refractivity contribution in [2.75, 3.05) is 26.4 Å². The summed E-state index contributed by atoms with van der Waals surface area (Å²) in [6, 6.07) is 16.9. The largest absolute Gasteiger partial charge is 0.479 e. The van der Waals surface area contributed by atoms with Crippen LogP contribution in [0.4, 0.5) is 0 Å². The number of ether oxygens (including phenoxy) is 2. The number of benzene rings is 2. The molecule has 2 atom stereocenters. The number of esters is 2. The minimum atomic E-state index is -2.88. The molecule has 3 aromatic rings. The molecule has 44 heavy (non-hydrogen) atoms. The van der Waals surface area contributed by atoms with Gasteiger partial charge in [-0.3, -0.25) is 24.1 Å². The summed E-state index contributed by atoms with van der Waals surface area (Å²) >= 11 is 0. The topological polar surface area (TPSA) is 177 Å². The lowest BCUT2D eigenvalue weighted by Gasteiger charge is -2.30. The molecule has 2 aromatic carbocycles. The van der Waals surface area contributed by atoms with Gasteiger partial charge in [0.1, 0.15) is 5.69 Å². The highest BCUT2D eigenvalue weighted by molar-refractivity contribution is 6.21. The number of carbonyl (C=O) groups excluding carboxylic acids is 4. The maximum absolute atomic E-state index is 13.1. The zero-order chi connectivity index (χ0) is 31.3. The SMILES string of the molecule is O=C(CC(O)(CC(=O)OC(CN1CCCCC1)c1cc(-c2ccccc2)on1)C(=O)O)OCN1C(=O)c2ccccc2C1=O. The van der Waals surface area contributed by atoms with Crippen LogP contribution in [0.5, 0.6) is 0 Å². The molecule has 5 rings (SSSR count). The van der Waals surface area contributed by atoms with E-state index < -0.39 is 61.0 Å². The summed E-state index contributed by atoms with van der Waals surface area (Å²) in [6.07, 6.45) is -0.144. The second-order valence-corrected chi connectivity index (χ2v) is 10.7. The average molecular weight is 606 g/mol. The number of nitrogens with zero attached hydrogens (tertiary/aromatic N) is 3. The van der Waals surface area contributed by atoms with Gasteiger partial charge in [-0.15, -0.1) is 0 Å². The van der Waals surface area contributed by atoms with Gasteiger partial charge in [0, 0.05) is 18.2 Å². The predicted octanol–water partition coefficient (Wildman–Crippen LogP) is 2.80. The minimum absolute atomic E-state index is 0.139. The normalized spacial score (nSPS) is 17.1. The Balaban J connectivity index is 1.24. The average Bonchev–Trinajstić information content (AvgIpc) is 3.60. The molecular weight excluding hydrogens is 574 g/mol. The van der Waals surface area contributed by atoms with Crippen LogP contribution in [0.3, 0.4) is 0 Å². The Morgan fingerprint density at radius 3 is 2.16 bits per heavy atom. The molecule has 230 valence electrons. The molecule has 2 aliphatic rings. The van der Waals surface area contributed by atoms with Crippen LogP contribution in [0, 0.1) is 0 Å². The number of carboxylic acid groups (broad SMARTS) is 1. The number of fused-ring (bicyclic) bond motifs is 1. The Bertz CT molecular complexity index is 1510. The fourth-order valence-corrected chi connectivity index (χ4v) is 5.18. The zero-order valence-electron chi connectivity index (χ0n) is 23.7. The van der Waals surface area contributed by atoms with Crippen molar-refractivity contribution in [3.63, 3.8) is 0 Å². The van der Waals surface area contributed by atoms with Crippen LogP contribution in [-0.4, -0.2) is 86.9 Å². The maximum Gasteiger partial charge on any atom is 0.336 e. The van der Waals surface area contributed by atoms with E-state index in [1.165, 1.54) is 12.1 Å². The van der Waals surface area contributed by atoms with Gasteiger partial charge in [-0.2, -0.15) is 0 Å². The summed E-state index contributed by atoms with van der Waals surface area (Å²) < 4.78 is 16.1. The Morgan fingerprint density at radius 1 is 0.909 bits per heavy atom. The van der Waals surface area contributed by atoms with Crippen molar-refractivity contribution in [3.05, 3.63) is 77.5 Å². The molecule has 2 aliphatic heterocycles. The standard InChI is InChI=1S/C31H31N3O10/c35-26(42-19-34-28(37)21-11-5-6-12-22(21)29(34)38)16-31(41,30(39)40)17-27(36)43-25(18-33-13-7-2-8-14-33)23-15-24(44-32-23)20-9-3-1-4-10-20/h1,3-6,9-12,15,25,41H,2,7-8,13-14,16-19H2,(H,39,40). The molecule has 2 amide bonds. The van der Waals surface area contributed by atoms with E-state index in [1.54, 1.807) is 18.2 Å². The van der Waals surface area contributed by atoms with Gasteiger partial charge in [0.25, 0.3) is 11.8 Å². The van der Waals surface area contributed by atoms with Crippen LogP contribution in [-0.2, 0) is 23.9 Å². The second kappa shape index (κ2) is 13.2. The van der Waals surface area contributed by atoms with E-state index in [0.717, 1.165) is 37.9 Å². The van der Waals surface area contributed by atoms with Gasteiger partial charge in [0.15, 0.2) is 24.2 Å². The number of carbonyl (C=O) groups is 5. The molecule has 0 bridgehead atoms. The lowest BCUT2D eigenvalue weighted by atomic mass is 9.96. The molecular formula is C31H31N3O10. The van der Waals surface area contributed by atoms with Crippen molar-refractivity contribution in [2.24, 2.45) is 0 Å². The monoisotopic (exact) mass is 605 g/mol. The molecule has 0 aliphatic carbocycles. The first-order valence-electron chi connectivity index (χ1n) is 14.1. The fourth-order valence-electron chi connectivity index (χ4n) is 5.18. The molecule has 0 spiro atoms. The second-order valence-electron chi connectivity index (χ2n) is 10.7. The van der Waals surface area contributed by atoms with Crippen molar-refractivity contribution >= 4 is 29.7 Å². The van der Waals surface area contributed by atoms with E-state index in [9.17, 15) is 34.2 Å². The molecule has 1 fully saturated rings.